The number of piperidine rings is 2. The summed E-state index contributed by atoms with van der Waals surface area (Å²) < 4.78 is 28.5. The van der Waals surface area contributed by atoms with E-state index in [-0.39, 0.29) is 23.3 Å². The highest BCUT2D eigenvalue weighted by molar-refractivity contribution is 6.01. The van der Waals surface area contributed by atoms with Gasteiger partial charge in [-0.05, 0) is 91.9 Å². The van der Waals surface area contributed by atoms with Gasteiger partial charge in [-0.15, -0.1) is 0 Å². The zero-order valence-electron chi connectivity index (χ0n) is 31.0. The van der Waals surface area contributed by atoms with Crippen LogP contribution in [0.3, 0.4) is 0 Å². The van der Waals surface area contributed by atoms with Crippen LogP contribution in [0, 0.1) is 5.82 Å². The van der Waals surface area contributed by atoms with Crippen molar-refractivity contribution in [3.05, 3.63) is 88.1 Å². The Morgan fingerprint density at radius 1 is 0.870 bits per heavy atom. The number of benzene rings is 3. The highest BCUT2D eigenvalue weighted by atomic mass is 19.1. The van der Waals surface area contributed by atoms with E-state index in [1.807, 2.05) is 23.1 Å². The molecular weight excluding hydrogens is 691 g/mol. The molecule has 54 heavy (non-hydrogen) atoms. The maximum atomic E-state index is 15.9. The van der Waals surface area contributed by atoms with E-state index in [0.717, 1.165) is 31.6 Å². The number of piperazine rings is 1. The quantitative estimate of drug-likeness (QED) is 0.232. The minimum Gasteiger partial charge on any atom is -0.497 e. The van der Waals surface area contributed by atoms with Crippen LogP contribution in [-0.2, 0) is 28.0 Å². The first kappa shape index (κ1) is 37.1. The molecule has 0 saturated carbocycles. The van der Waals surface area contributed by atoms with Gasteiger partial charge in [-0.2, -0.15) is 0 Å². The Labute approximate surface area is 313 Å². The second kappa shape index (κ2) is 16.0. The van der Waals surface area contributed by atoms with Crippen molar-refractivity contribution in [2.24, 2.45) is 7.05 Å². The molecule has 3 aliphatic rings. The summed E-state index contributed by atoms with van der Waals surface area (Å²) in [7, 11) is 4.78. The fourth-order valence-corrected chi connectivity index (χ4v) is 7.88. The van der Waals surface area contributed by atoms with Crippen LogP contribution in [-0.4, -0.2) is 103 Å². The molecule has 12 nitrogen and oxygen atoms in total. The minimum atomic E-state index is -0.408. The van der Waals surface area contributed by atoms with Gasteiger partial charge < -0.3 is 24.3 Å². The highest BCUT2D eigenvalue weighted by Gasteiger charge is 2.29. The average Bonchev–Trinajstić information content (AvgIpc) is 3.18. The molecular formula is C41H47FN6O6. The first-order valence-electron chi connectivity index (χ1n) is 18.6. The van der Waals surface area contributed by atoms with Crippen LogP contribution in [0.25, 0.3) is 21.9 Å². The van der Waals surface area contributed by atoms with Crippen LogP contribution < -0.4 is 25.7 Å². The monoisotopic (exact) mass is 738 g/mol. The fourth-order valence-electron chi connectivity index (χ4n) is 7.88. The summed E-state index contributed by atoms with van der Waals surface area (Å²) in [5, 5.41) is 6.80. The predicted molar refractivity (Wildman–Crippen MR) is 204 cm³/mol. The van der Waals surface area contributed by atoms with Crippen LogP contribution in [0.5, 0.6) is 11.5 Å². The number of pyridine rings is 1. The van der Waals surface area contributed by atoms with Crippen molar-refractivity contribution in [3.63, 3.8) is 0 Å². The molecule has 0 bridgehead atoms. The van der Waals surface area contributed by atoms with E-state index in [2.05, 4.69) is 32.6 Å². The van der Waals surface area contributed by atoms with Gasteiger partial charge in [0.25, 0.3) is 5.56 Å². The Morgan fingerprint density at radius 2 is 1.61 bits per heavy atom. The van der Waals surface area contributed by atoms with E-state index < -0.39 is 11.9 Å². The summed E-state index contributed by atoms with van der Waals surface area (Å²) in [5.74, 6) is 0.647. The van der Waals surface area contributed by atoms with Gasteiger partial charge >= 0.3 is 0 Å². The van der Waals surface area contributed by atoms with Crippen LogP contribution in [0.1, 0.15) is 42.7 Å². The van der Waals surface area contributed by atoms with Gasteiger partial charge in [0, 0.05) is 80.0 Å². The molecule has 3 amide bonds. The molecule has 4 aromatic rings. The number of imide groups is 1. The topological polar surface area (TPSA) is 125 Å². The number of rotatable bonds is 10. The molecule has 13 heteroatoms. The molecule has 0 radical (unpaired) electrons. The van der Waals surface area contributed by atoms with Gasteiger partial charge in [0.1, 0.15) is 23.4 Å². The molecule has 2 N–H and O–H groups in total. The second-order valence-electron chi connectivity index (χ2n) is 14.5. The maximum Gasteiger partial charge on any atom is 0.258 e. The Morgan fingerprint density at radius 3 is 2.30 bits per heavy atom. The molecule has 284 valence electrons. The number of halogens is 1. The molecule has 3 fully saturated rings. The van der Waals surface area contributed by atoms with E-state index in [1.54, 1.807) is 38.6 Å². The van der Waals surface area contributed by atoms with Gasteiger partial charge in [-0.3, -0.25) is 34.3 Å². The first-order valence-corrected chi connectivity index (χ1v) is 18.6. The number of aryl methyl sites for hydroxylation is 1. The number of amides is 3. The fraction of sp³-hybridized carbons (Fsp3) is 0.415. The molecule has 1 aromatic heterocycles. The summed E-state index contributed by atoms with van der Waals surface area (Å²) in [6.45, 7) is 4.80. The standard InChI is InChI=1S/C41H47FN6O6/c1-45-23-33(32-22-30(53-2)8-9-31(32)41(45)52)28-20-35(42)34(37(21-28)54-3)24-47-16-18-48(19-17-47)39(50)25-46-14-12-27(13-15-46)26-4-6-29(7-5-26)43-36-10-11-38(49)44-40(36)51/h4-9,20-23,27,36,43H,10-19,24-25H2,1-3H3,(H,44,49,51). The molecule has 3 aromatic carbocycles. The third-order valence-electron chi connectivity index (χ3n) is 11.1. The predicted octanol–water partition coefficient (Wildman–Crippen LogP) is 4.10. The molecule has 3 saturated heterocycles. The van der Waals surface area contributed by atoms with Gasteiger partial charge in [0.05, 0.1) is 20.8 Å². The Bertz CT molecular complexity index is 2100. The van der Waals surface area contributed by atoms with Crippen molar-refractivity contribution in [1.29, 1.82) is 0 Å². The number of methoxy groups -OCH3 is 2. The zero-order valence-corrected chi connectivity index (χ0v) is 31.0. The van der Waals surface area contributed by atoms with Gasteiger partial charge in [0.2, 0.25) is 17.7 Å². The molecule has 4 heterocycles. The number of nitrogens with zero attached hydrogens (tertiary/aromatic N) is 4. The lowest BCUT2D eigenvalue weighted by molar-refractivity contribution is -0.135. The second-order valence-corrected chi connectivity index (χ2v) is 14.5. The Balaban J connectivity index is 0.907. The summed E-state index contributed by atoms with van der Waals surface area (Å²) in [6, 6.07) is 16.3. The molecule has 1 unspecified atom stereocenters. The van der Waals surface area contributed by atoms with Crippen LogP contribution in [0.2, 0.25) is 0 Å². The molecule has 0 spiro atoms. The lowest BCUT2D eigenvalue weighted by Crippen LogP contribution is -2.51. The number of hydrogen-bond donors (Lipinski definition) is 2. The van der Waals surface area contributed by atoms with E-state index in [4.69, 9.17) is 9.47 Å². The van der Waals surface area contributed by atoms with Crippen LogP contribution in [0.4, 0.5) is 10.1 Å². The molecule has 1 atom stereocenters. The van der Waals surface area contributed by atoms with Crippen molar-refractivity contribution in [2.45, 2.75) is 44.2 Å². The van der Waals surface area contributed by atoms with Crippen molar-refractivity contribution >= 4 is 34.2 Å². The van der Waals surface area contributed by atoms with E-state index >= 15 is 4.39 Å². The Hall–Kier alpha value is -5.27. The summed E-state index contributed by atoms with van der Waals surface area (Å²) >= 11 is 0. The van der Waals surface area contributed by atoms with Crippen LogP contribution >= 0.6 is 0 Å². The Kier molecular flexibility index (Phi) is 11.0. The highest BCUT2D eigenvalue weighted by Crippen LogP contribution is 2.35. The zero-order chi connectivity index (χ0) is 37.9. The number of anilines is 1. The number of fused-ring (bicyclic) bond motifs is 1. The molecule has 7 rings (SSSR count). The number of likely N-dealkylation sites (tertiary alicyclic amines) is 1. The number of carbonyl (C=O) groups is 3. The van der Waals surface area contributed by atoms with Crippen molar-refractivity contribution in [3.8, 4) is 22.6 Å². The number of ether oxygens (including phenoxy) is 2. The van der Waals surface area contributed by atoms with Gasteiger partial charge in [-0.1, -0.05) is 12.1 Å². The van der Waals surface area contributed by atoms with E-state index in [0.29, 0.717) is 97.0 Å². The molecule has 3 aliphatic heterocycles. The normalized spacial score (nSPS) is 18.8. The summed E-state index contributed by atoms with van der Waals surface area (Å²) in [5.41, 5.74) is 3.70. The van der Waals surface area contributed by atoms with Crippen molar-refractivity contribution in [2.75, 3.05) is 65.3 Å². The average molecular weight is 739 g/mol. The number of hydrogen-bond acceptors (Lipinski definition) is 9. The lowest BCUT2D eigenvalue weighted by Gasteiger charge is -2.37. The minimum absolute atomic E-state index is 0.117. The lowest BCUT2D eigenvalue weighted by atomic mass is 9.89. The number of aromatic nitrogens is 1. The molecule has 0 aliphatic carbocycles. The van der Waals surface area contributed by atoms with Crippen LogP contribution in [0.15, 0.2) is 65.6 Å². The number of carbonyl (C=O) groups excluding carboxylic acids is 3. The van der Waals surface area contributed by atoms with E-state index in [9.17, 15) is 19.2 Å². The largest absolute Gasteiger partial charge is 0.497 e. The summed E-state index contributed by atoms with van der Waals surface area (Å²) in [6.07, 6.45) is 4.45. The first-order chi connectivity index (χ1) is 26.1. The third-order valence-corrected chi connectivity index (χ3v) is 11.1. The smallest absolute Gasteiger partial charge is 0.258 e. The van der Waals surface area contributed by atoms with Gasteiger partial charge in [0.15, 0.2) is 0 Å². The SMILES string of the molecule is COc1ccc2c(=O)n(C)cc(-c3cc(F)c(CN4CCN(C(=O)CN5CCC(c6ccc(NC7CCC(=O)NC7=O)cc6)CC5)CC4)c(OC)c3)c2c1. The maximum absolute atomic E-state index is 15.9. The van der Waals surface area contributed by atoms with Crippen molar-refractivity contribution in [1.82, 2.24) is 24.6 Å². The van der Waals surface area contributed by atoms with Gasteiger partial charge in [-0.25, -0.2) is 4.39 Å². The van der Waals surface area contributed by atoms with Crippen molar-refractivity contribution < 1.29 is 28.2 Å². The third kappa shape index (κ3) is 7.97. The summed E-state index contributed by atoms with van der Waals surface area (Å²) in [4.78, 5) is 56.0. The van der Waals surface area contributed by atoms with E-state index in [1.165, 1.54) is 23.3 Å². The number of nitrogens with one attached hydrogen (secondary N) is 2.